The topological polar surface area (TPSA) is 46.5 Å². The van der Waals surface area contributed by atoms with Gasteiger partial charge in [0.2, 0.25) is 0 Å². The van der Waals surface area contributed by atoms with E-state index in [2.05, 4.69) is 4.94 Å². The molecule has 0 aliphatic carbocycles. The molecule has 92 valence electrons. The molecule has 0 aliphatic rings. The molecular formula is C14H11FO3. The van der Waals surface area contributed by atoms with E-state index in [-0.39, 0.29) is 12.2 Å². The summed E-state index contributed by atoms with van der Waals surface area (Å²) in [7, 11) is 0. The molecule has 0 amide bonds. The van der Waals surface area contributed by atoms with Gasteiger partial charge in [-0.15, -0.1) is 0 Å². The fourth-order valence-electron chi connectivity index (χ4n) is 1.77. The van der Waals surface area contributed by atoms with Crippen molar-refractivity contribution >= 4 is 5.97 Å². The van der Waals surface area contributed by atoms with Crippen LogP contribution in [0.5, 0.6) is 0 Å². The number of hydrogen-bond acceptors (Lipinski definition) is 3. The van der Waals surface area contributed by atoms with Crippen LogP contribution in [0.3, 0.4) is 0 Å². The second-order valence-corrected chi connectivity index (χ2v) is 3.77. The van der Waals surface area contributed by atoms with Crippen molar-refractivity contribution in [2.24, 2.45) is 0 Å². The van der Waals surface area contributed by atoms with Crippen molar-refractivity contribution in [3.05, 3.63) is 59.7 Å². The van der Waals surface area contributed by atoms with Gasteiger partial charge in [0, 0.05) is 4.53 Å². The van der Waals surface area contributed by atoms with Gasteiger partial charge < -0.3 is 5.11 Å². The summed E-state index contributed by atoms with van der Waals surface area (Å²) in [5.74, 6) is -1.07. The molecule has 0 atom stereocenters. The van der Waals surface area contributed by atoms with Gasteiger partial charge in [-0.1, -0.05) is 42.5 Å². The quantitative estimate of drug-likeness (QED) is 0.905. The van der Waals surface area contributed by atoms with Crippen LogP contribution in [0.2, 0.25) is 0 Å². The van der Waals surface area contributed by atoms with Crippen molar-refractivity contribution in [2.45, 2.75) is 6.61 Å². The highest BCUT2D eigenvalue weighted by atomic mass is 19.3. The van der Waals surface area contributed by atoms with Crippen LogP contribution in [0.1, 0.15) is 15.9 Å². The predicted octanol–water partition coefficient (Wildman–Crippen LogP) is 2.89. The van der Waals surface area contributed by atoms with Crippen molar-refractivity contribution in [2.75, 3.05) is 0 Å². The first-order valence-electron chi connectivity index (χ1n) is 5.38. The Morgan fingerprint density at radius 3 is 2.50 bits per heavy atom. The van der Waals surface area contributed by atoms with Crippen LogP contribution in [0.25, 0.3) is 11.1 Å². The fourth-order valence-corrected chi connectivity index (χ4v) is 1.77. The summed E-state index contributed by atoms with van der Waals surface area (Å²) in [6.07, 6.45) is 0. The van der Waals surface area contributed by atoms with E-state index in [1.54, 1.807) is 12.1 Å². The maximum absolute atomic E-state index is 12.1. The van der Waals surface area contributed by atoms with Gasteiger partial charge in [0.25, 0.3) is 0 Å². The minimum absolute atomic E-state index is 0.0928. The summed E-state index contributed by atoms with van der Waals surface area (Å²) in [4.78, 5) is 14.7. The lowest BCUT2D eigenvalue weighted by atomic mass is 9.98. The molecule has 18 heavy (non-hydrogen) atoms. The first kappa shape index (κ1) is 12.3. The van der Waals surface area contributed by atoms with Gasteiger partial charge in [0.05, 0.1) is 12.2 Å². The molecule has 0 unspecified atom stereocenters. The van der Waals surface area contributed by atoms with Gasteiger partial charge in [-0.2, -0.15) is 0 Å². The average molecular weight is 246 g/mol. The normalized spacial score (nSPS) is 10.1. The van der Waals surface area contributed by atoms with E-state index in [0.29, 0.717) is 11.1 Å². The first-order chi connectivity index (χ1) is 8.76. The van der Waals surface area contributed by atoms with Crippen LogP contribution < -0.4 is 0 Å². The van der Waals surface area contributed by atoms with Crippen molar-refractivity contribution in [1.29, 1.82) is 0 Å². The molecule has 0 aromatic heterocycles. The molecule has 0 aliphatic heterocycles. The van der Waals surface area contributed by atoms with E-state index in [0.717, 1.165) is 5.56 Å². The minimum atomic E-state index is -1.07. The number of rotatable bonds is 3. The zero-order valence-corrected chi connectivity index (χ0v) is 9.47. The van der Waals surface area contributed by atoms with Crippen molar-refractivity contribution < 1.29 is 19.4 Å². The van der Waals surface area contributed by atoms with Crippen LogP contribution in [0, 0.1) is 0 Å². The SMILES string of the molecule is O=C(OF)c1cc(CO)ccc1-c1ccccc1. The second-order valence-electron chi connectivity index (χ2n) is 3.77. The van der Waals surface area contributed by atoms with Crippen LogP contribution >= 0.6 is 0 Å². The number of benzene rings is 2. The van der Waals surface area contributed by atoms with Crippen molar-refractivity contribution in [3.63, 3.8) is 0 Å². The van der Waals surface area contributed by atoms with Crippen LogP contribution in [-0.4, -0.2) is 11.1 Å². The second kappa shape index (κ2) is 5.42. The third-order valence-corrected chi connectivity index (χ3v) is 2.64. The molecule has 2 rings (SSSR count). The molecule has 0 radical (unpaired) electrons. The molecule has 0 bridgehead atoms. The first-order valence-corrected chi connectivity index (χ1v) is 5.38. The fraction of sp³-hybridized carbons (Fsp3) is 0.0714. The standard InChI is InChI=1S/C14H11FO3/c15-18-14(17)13-8-10(9-16)6-7-12(13)11-4-2-1-3-5-11/h1-8,16H,9H2. The number of aliphatic hydroxyl groups is 1. The smallest absolute Gasteiger partial charge is 0.380 e. The van der Waals surface area contributed by atoms with Gasteiger partial charge in [-0.3, -0.25) is 0 Å². The van der Waals surface area contributed by atoms with E-state index in [9.17, 15) is 9.32 Å². The summed E-state index contributed by atoms with van der Waals surface area (Å²) in [5.41, 5.74) is 1.96. The highest BCUT2D eigenvalue weighted by Crippen LogP contribution is 2.25. The average Bonchev–Trinajstić information content (AvgIpc) is 2.46. The molecular weight excluding hydrogens is 235 g/mol. The van der Waals surface area contributed by atoms with Crippen LogP contribution in [-0.2, 0) is 11.5 Å². The minimum Gasteiger partial charge on any atom is -0.392 e. The summed E-state index contributed by atoms with van der Waals surface area (Å²) in [5, 5.41) is 9.03. The molecule has 0 fully saturated rings. The maximum Gasteiger partial charge on any atom is 0.380 e. The highest BCUT2D eigenvalue weighted by molar-refractivity contribution is 5.97. The largest absolute Gasteiger partial charge is 0.392 e. The third kappa shape index (κ3) is 2.38. The van der Waals surface area contributed by atoms with Crippen LogP contribution in [0.15, 0.2) is 48.5 Å². The summed E-state index contributed by atoms with van der Waals surface area (Å²) in [6.45, 7) is -0.221. The molecule has 0 saturated carbocycles. The zero-order valence-electron chi connectivity index (χ0n) is 9.47. The Morgan fingerprint density at radius 1 is 1.17 bits per heavy atom. The number of halogens is 1. The Balaban J connectivity index is 2.56. The molecule has 1 N–H and O–H groups in total. The lowest BCUT2D eigenvalue weighted by Gasteiger charge is -2.08. The molecule has 0 heterocycles. The van der Waals surface area contributed by atoms with Crippen molar-refractivity contribution in [1.82, 2.24) is 0 Å². The molecule has 0 spiro atoms. The molecule has 3 nitrogen and oxygen atoms in total. The van der Waals surface area contributed by atoms with E-state index < -0.39 is 5.97 Å². The van der Waals surface area contributed by atoms with Crippen LogP contribution in [0.4, 0.5) is 4.53 Å². The molecule has 2 aromatic rings. The summed E-state index contributed by atoms with van der Waals surface area (Å²) in [6, 6.07) is 13.9. The summed E-state index contributed by atoms with van der Waals surface area (Å²) >= 11 is 0. The Morgan fingerprint density at radius 2 is 1.89 bits per heavy atom. The Hall–Kier alpha value is -2.20. The monoisotopic (exact) mass is 246 g/mol. The highest BCUT2D eigenvalue weighted by Gasteiger charge is 2.15. The van der Waals surface area contributed by atoms with Gasteiger partial charge in [0.15, 0.2) is 0 Å². The third-order valence-electron chi connectivity index (χ3n) is 2.64. The lowest BCUT2D eigenvalue weighted by Crippen LogP contribution is -2.03. The Labute approximate surface area is 103 Å². The Kier molecular flexibility index (Phi) is 3.69. The molecule has 4 heteroatoms. The van der Waals surface area contributed by atoms with Crippen molar-refractivity contribution in [3.8, 4) is 11.1 Å². The zero-order chi connectivity index (χ0) is 13.0. The maximum atomic E-state index is 12.1. The molecule has 2 aromatic carbocycles. The Bertz CT molecular complexity index is 552. The lowest BCUT2D eigenvalue weighted by molar-refractivity contribution is -0.0787. The predicted molar refractivity (Wildman–Crippen MR) is 64.3 cm³/mol. The van der Waals surface area contributed by atoms with E-state index in [1.165, 1.54) is 6.07 Å². The number of carbonyl (C=O) groups excluding carboxylic acids is 1. The molecule has 0 saturated heterocycles. The van der Waals surface area contributed by atoms with E-state index in [4.69, 9.17) is 5.11 Å². The van der Waals surface area contributed by atoms with E-state index >= 15 is 0 Å². The van der Waals surface area contributed by atoms with Gasteiger partial charge in [-0.25, -0.2) is 9.74 Å². The summed E-state index contributed by atoms with van der Waals surface area (Å²) < 4.78 is 12.1. The number of hydrogen-bond donors (Lipinski definition) is 1. The van der Waals surface area contributed by atoms with Gasteiger partial charge >= 0.3 is 5.97 Å². The number of aliphatic hydroxyl groups excluding tert-OH is 1. The van der Waals surface area contributed by atoms with Gasteiger partial charge in [0.1, 0.15) is 0 Å². The van der Waals surface area contributed by atoms with Gasteiger partial charge in [-0.05, 0) is 22.8 Å². The number of carbonyl (C=O) groups is 1. The van der Waals surface area contributed by atoms with E-state index in [1.807, 2.05) is 30.3 Å².